The van der Waals surface area contributed by atoms with E-state index >= 15 is 0 Å². The maximum Gasteiger partial charge on any atom is 0.262 e. The fourth-order valence-electron chi connectivity index (χ4n) is 2.25. The highest BCUT2D eigenvalue weighted by Crippen LogP contribution is 2.33. The van der Waals surface area contributed by atoms with Crippen molar-refractivity contribution in [2.75, 3.05) is 5.73 Å². The van der Waals surface area contributed by atoms with E-state index in [2.05, 4.69) is 31.9 Å². The van der Waals surface area contributed by atoms with Crippen LogP contribution < -0.4 is 16.6 Å². The van der Waals surface area contributed by atoms with Gasteiger partial charge in [-0.15, -0.1) is 0 Å². The summed E-state index contributed by atoms with van der Waals surface area (Å²) >= 11 is 5.66. The molecule has 1 aliphatic rings. The van der Waals surface area contributed by atoms with Crippen molar-refractivity contribution in [2.24, 2.45) is 0 Å². The van der Waals surface area contributed by atoms with Gasteiger partial charge in [0.2, 0.25) is 0 Å². The molecule has 0 spiro atoms. The number of carbonyl (C=O) groups is 2. The Balaban J connectivity index is 2.41. The lowest BCUT2D eigenvalue weighted by atomic mass is 10.1. The number of fused-ring (bicyclic) bond motifs is 1. The summed E-state index contributed by atoms with van der Waals surface area (Å²) in [5, 5.41) is 2.00. The highest BCUT2D eigenvalue weighted by molar-refractivity contribution is 9.11. The van der Waals surface area contributed by atoms with Crippen molar-refractivity contribution in [1.29, 1.82) is 0 Å². The molecule has 2 heterocycles. The zero-order valence-corrected chi connectivity index (χ0v) is 14.1. The van der Waals surface area contributed by atoms with Gasteiger partial charge in [-0.3, -0.25) is 24.3 Å². The van der Waals surface area contributed by atoms with Gasteiger partial charge in [-0.2, -0.15) is 0 Å². The van der Waals surface area contributed by atoms with Crippen LogP contribution in [-0.4, -0.2) is 16.4 Å². The van der Waals surface area contributed by atoms with Crippen LogP contribution in [-0.2, 0) is 0 Å². The number of anilines is 1. The number of pyridine rings is 1. The van der Waals surface area contributed by atoms with E-state index in [1.54, 1.807) is 0 Å². The Morgan fingerprint density at radius 2 is 1.70 bits per heavy atom. The fraction of sp³-hybridized carbons (Fsp3) is 0. The number of nitrogen functional groups attached to an aromatic ring is 1. The maximum absolute atomic E-state index is 14.0. The molecule has 10 heteroatoms. The standard InChI is InChI=1S/C13H5Br2F2N3O3/c14-8-4(16)2-5(9(15)10(8)17)20-6(21)1-3-7(11(20)18)13(23)19-12(3)22/h1-2H,18H2,(H,19,22,23). The van der Waals surface area contributed by atoms with E-state index in [0.717, 1.165) is 16.7 Å². The molecule has 0 fully saturated rings. The summed E-state index contributed by atoms with van der Waals surface area (Å²) in [5.41, 5.74) is 4.36. The lowest BCUT2D eigenvalue weighted by Crippen LogP contribution is -2.24. The van der Waals surface area contributed by atoms with Crippen molar-refractivity contribution < 1.29 is 18.4 Å². The highest BCUT2D eigenvalue weighted by atomic mass is 79.9. The zero-order chi connectivity index (χ0) is 17.0. The van der Waals surface area contributed by atoms with Gasteiger partial charge in [0.15, 0.2) is 5.82 Å². The molecule has 0 bridgehead atoms. The summed E-state index contributed by atoms with van der Waals surface area (Å²) in [4.78, 5) is 35.6. The quantitative estimate of drug-likeness (QED) is 0.397. The molecule has 1 aromatic heterocycles. The number of hydrogen-bond donors (Lipinski definition) is 2. The summed E-state index contributed by atoms with van der Waals surface area (Å²) < 4.78 is 27.9. The van der Waals surface area contributed by atoms with Crippen LogP contribution in [0.3, 0.4) is 0 Å². The van der Waals surface area contributed by atoms with Crippen molar-refractivity contribution in [1.82, 2.24) is 9.88 Å². The van der Waals surface area contributed by atoms with Gasteiger partial charge in [0.25, 0.3) is 17.4 Å². The number of nitrogens with zero attached hydrogens (tertiary/aromatic N) is 1. The van der Waals surface area contributed by atoms with E-state index in [1.807, 2.05) is 5.32 Å². The molecule has 1 aromatic carbocycles. The van der Waals surface area contributed by atoms with E-state index in [4.69, 9.17) is 5.73 Å². The number of carbonyl (C=O) groups excluding carboxylic acids is 2. The lowest BCUT2D eigenvalue weighted by molar-refractivity contribution is 0.0880. The van der Waals surface area contributed by atoms with Crippen LogP contribution in [0.2, 0.25) is 0 Å². The van der Waals surface area contributed by atoms with Crippen molar-refractivity contribution >= 4 is 49.5 Å². The molecule has 0 saturated heterocycles. The van der Waals surface area contributed by atoms with Gasteiger partial charge in [0.05, 0.1) is 25.8 Å². The lowest BCUT2D eigenvalue weighted by Gasteiger charge is -2.14. The Labute approximate surface area is 143 Å². The number of nitrogens with one attached hydrogen (secondary N) is 1. The topological polar surface area (TPSA) is 94.2 Å². The average Bonchev–Trinajstić information content (AvgIpc) is 2.76. The number of amides is 2. The normalized spacial score (nSPS) is 13.2. The molecule has 0 aliphatic carbocycles. The Bertz CT molecular complexity index is 972. The molecule has 23 heavy (non-hydrogen) atoms. The van der Waals surface area contributed by atoms with Crippen LogP contribution in [0.5, 0.6) is 0 Å². The molecule has 1 aliphatic heterocycles. The number of halogens is 4. The van der Waals surface area contributed by atoms with E-state index in [0.29, 0.717) is 0 Å². The minimum Gasteiger partial charge on any atom is -0.384 e. The van der Waals surface area contributed by atoms with Crippen LogP contribution in [0.1, 0.15) is 20.7 Å². The second kappa shape index (κ2) is 5.24. The number of benzene rings is 1. The number of aromatic nitrogens is 1. The van der Waals surface area contributed by atoms with Gasteiger partial charge in [0, 0.05) is 12.1 Å². The van der Waals surface area contributed by atoms with Gasteiger partial charge >= 0.3 is 0 Å². The molecule has 3 rings (SSSR count). The Morgan fingerprint density at radius 3 is 2.35 bits per heavy atom. The third-order valence-electron chi connectivity index (χ3n) is 3.28. The molecule has 0 radical (unpaired) electrons. The number of nitrogens with two attached hydrogens (primary N) is 1. The van der Waals surface area contributed by atoms with Gasteiger partial charge < -0.3 is 5.73 Å². The van der Waals surface area contributed by atoms with Crippen molar-refractivity contribution in [2.45, 2.75) is 0 Å². The predicted molar refractivity (Wildman–Crippen MR) is 83.6 cm³/mol. The molecule has 0 unspecified atom stereocenters. The van der Waals surface area contributed by atoms with Crippen molar-refractivity contribution in [3.63, 3.8) is 0 Å². The first-order chi connectivity index (χ1) is 10.7. The second-order valence-electron chi connectivity index (χ2n) is 4.59. The average molecular weight is 449 g/mol. The van der Waals surface area contributed by atoms with Crippen molar-refractivity contribution in [3.05, 3.63) is 54.2 Å². The third kappa shape index (κ3) is 2.20. The number of hydrogen-bond acceptors (Lipinski definition) is 4. The zero-order valence-electron chi connectivity index (χ0n) is 10.9. The largest absolute Gasteiger partial charge is 0.384 e. The minimum absolute atomic E-state index is 0.178. The molecule has 2 aromatic rings. The Kier molecular flexibility index (Phi) is 3.60. The summed E-state index contributed by atoms with van der Waals surface area (Å²) in [6.45, 7) is 0. The first-order valence-electron chi connectivity index (χ1n) is 5.98. The predicted octanol–water partition coefficient (Wildman–Crippen LogP) is 2.11. The van der Waals surface area contributed by atoms with Crippen LogP contribution in [0.25, 0.3) is 5.69 Å². The maximum atomic E-state index is 14.0. The highest BCUT2D eigenvalue weighted by Gasteiger charge is 2.32. The van der Waals surface area contributed by atoms with Gasteiger partial charge in [-0.05, 0) is 31.9 Å². The summed E-state index contributed by atoms with van der Waals surface area (Å²) in [5.74, 6) is -3.88. The van der Waals surface area contributed by atoms with Gasteiger partial charge in [0.1, 0.15) is 11.6 Å². The van der Waals surface area contributed by atoms with Crippen LogP contribution in [0.15, 0.2) is 25.9 Å². The summed E-state index contributed by atoms with van der Waals surface area (Å²) in [7, 11) is 0. The molecular weight excluding hydrogens is 444 g/mol. The van der Waals surface area contributed by atoms with Crippen molar-refractivity contribution in [3.8, 4) is 5.69 Å². The fourth-order valence-corrected chi connectivity index (χ4v) is 3.32. The van der Waals surface area contributed by atoms with Crippen LogP contribution in [0, 0.1) is 11.6 Å². The monoisotopic (exact) mass is 447 g/mol. The molecule has 6 nitrogen and oxygen atoms in total. The smallest absolute Gasteiger partial charge is 0.262 e. The van der Waals surface area contributed by atoms with E-state index < -0.39 is 39.3 Å². The van der Waals surface area contributed by atoms with Crippen LogP contribution >= 0.6 is 31.9 Å². The molecule has 0 saturated carbocycles. The van der Waals surface area contributed by atoms with E-state index in [1.165, 1.54) is 0 Å². The van der Waals surface area contributed by atoms with Gasteiger partial charge in [-0.25, -0.2) is 8.78 Å². The molecule has 0 atom stereocenters. The third-order valence-corrected chi connectivity index (χ3v) is 4.76. The van der Waals surface area contributed by atoms with Gasteiger partial charge in [-0.1, -0.05) is 0 Å². The Morgan fingerprint density at radius 1 is 1.04 bits per heavy atom. The molecular formula is C13H5Br2F2N3O3. The Hall–Kier alpha value is -2.07. The molecule has 2 amide bonds. The first kappa shape index (κ1) is 15.8. The summed E-state index contributed by atoms with van der Waals surface area (Å²) in [6, 6.07) is 1.76. The minimum atomic E-state index is -0.979. The van der Waals surface area contributed by atoms with E-state index in [-0.39, 0.29) is 21.3 Å². The molecule has 118 valence electrons. The van der Waals surface area contributed by atoms with E-state index in [9.17, 15) is 23.2 Å². The molecule has 3 N–H and O–H groups in total. The first-order valence-corrected chi connectivity index (χ1v) is 7.57. The number of rotatable bonds is 1. The second-order valence-corrected chi connectivity index (χ2v) is 6.18. The number of imide groups is 1. The van der Waals surface area contributed by atoms with Crippen LogP contribution in [0.4, 0.5) is 14.6 Å². The SMILES string of the molecule is Nc1c2c(cc(=O)n1-c1cc(F)c(Br)c(F)c1Br)C(=O)NC2=O. The summed E-state index contributed by atoms with van der Waals surface area (Å²) in [6.07, 6.45) is 0.